The van der Waals surface area contributed by atoms with Crippen LogP contribution >= 0.6 is 0 Å². The number of hydrogen-bond acceptors (Lipinski definition) is 4. The van der Waals surface area contributed by atoms with Crippen molar-refractivity contribution in [2.75, 3.05) is 6.61 Å². The number of rotatable bonds is 7. The van der Waals surface area contributed by atoms with E-state index in [9.17, 15) is 31.5 Å². The molecule has 25 heavy (non-hydrogen) atoms. The molecular weight excluding hydrogens is 351 g/mol. The van der Waals surface area contributed by atoms with Gasteiger partial charge in [-0.05, 0) is 39.0 Å². The van der Waals surface area contributed by atoms with Crippen molar-refractivity contribution < 1.29 is 41.0 Å². The number of hydrogen-bond donors (Lipinski definition) is 0. The molecule has 0 aromatic heterocycles. The van der Waals surface area contributed by atoms with E-state index in [1.54, 1.807) is 0 Å². The van der Waals surface area contributed by atoms with Crippen LogP contribution < -0.4 is 0 Å². The van der Waals surface area contributed by atoms with Gasteiger partial charge in [0.25, 0.3) is 0 Å². The van der Waals surface area contributed by atoms with E-state index in [4.69, 9.17) is 4.74 Å². The summed E-state index contributed by atoms with van der Waals surface area (Å²) in [6.07, 6.45) is -3.42. The first-order valence-electron chi connectivity index (χ1n) is 7.88. The number of halogens is 5. The second-order valence-electron chi connectivity index (χ2n) is 6.31. The van der Waals surface area contributed by atoms with Gasteiger partial charge in [-0.15, -0.1) is 0 Å². The highest BCUT2D eigenvalue weighted by molar-refractivity contribution is 5.87. The van der Waals surface area contributed by atoms with Crippen LogP contribution in [-0.2, 0) is 19.1 Å². The summed E-state index contributed by atoms with van der Waals surface area (Å²) in [7, 11) is 0. The Bertz CT molecular complexity index is 507. The van der Waals surface area contributed by atoms with Crippen molar-refractivity contribution in [2.24, 2.45) is 0 Å². The molecule has 1 saturated carbocycles. The molecule has 0 amide bonds. The Morgan fingerprint density at radius 2 is 1.64 bits per heavy atom. The molecule has 0 atom stereocenters. The molecule has 1 fully saturated rings. The maximum absolute atomic E-state index is 13.8. The predicted octanol–water partition coefficient (Wildman–Crippen LogP) is 4.33. The third kappa shape index (κ3) is 6.99. The summed E-state index contributed by atoms with van der Waals surface area (Å²) in [5.41, 5.74) is -1.05. The molecule has 0 saturated heterocycles. The third-order valence-electron chi connectivity index (χ3n) is 3.98. The van der Waals surface area contributed by atoms with Crippen LogP contribution in [0.15, 0.2) is 12.2 Å². The lowest BCUT2D eigenvalue weighted by atomic mass is 9.80. The Balaban J connectivity index is 2.72. The third-order valence-corrected chi connectivity index (χ3v) is 3.98. The number of carbonyl (C=O) groups excluding carboxylic acids is 2. The van der Waals surface area contributed by atoms with Crippen molar-refractivity contribution in [3.63, 3.8) is 0 Å². The van der Waals surface area contributed by atoms with E-state index in [0.29, 0.717) is 25.7 Å². The van der Waals surface area contributed by atoms with Gasteiger partial charge < -0.3 is 9.47 Å². The molecule has 144 valence electrons. The van der Waals surface area contributed by atoms with Crippen molar-refractivity contribution in [1.29, 1.82) is 0 Å². The SMILES string of the molecule is C=C(C)C(=O)OC1(CCC(F)(F)C(=O)OCC(F)(F)F)CCCCC1. The highest BCUT2D eigenvalue weighted by Gasteiger charge is 2.46. The van der Waals surface area contributed by atoms with E-state index in [2.05, 4.69) is 11.3 Å². The molecule has 4 nitrogen and oxygen atoms in total. The molecule has 0 radical (unpaired) electrons. The van der Waals surface area contributed by atoms with Gasteiger partial charge in [0.05, 0.1) is 0 Å². The number of ether oxygens (including phenoxy) is 2. The van der Waals surface area contributed by atoms with Crippen molar-refractivity contribution in [1.82, 2.24) is 0 Å². The van der Waals surface area contributed by atoms with Gasteiger partial charge in [0.15, 0.2) is 6.61 Å². The average Bonchev–Trinajstić information content (AvgIpc) is 2.51. The molecule has 0 N–H and O–H groups in total. The minimum Gasteiger partial charge on any atom is -0.456 e. The fraction of sp³-hybridized carbons (Fsp3) is 0.750. The molecule has 1 aliphatic rings. The van der Waals surface area contributed by atoms with Crippen LogP contribution in [0.4, 0.5) is 22.0 Å². The average molecular weight is 372 g/mol. The van der Waals surface area contributed by atoms with Crippen LogP contribution in [0, 0.1) is 0 Å². The summed E-state index contributed by atoms with van der Waals surface area (Å²) in [6.45, 7) is 2.78. The van der Waals surface area contributed by atoms with Crippen LogP contribution in [0.3, 0.4) is 0 Å². The van der Waals surface area contributed by atoms with E-state index in [1.807, 2.05) is 0 Å². The molecular formula is C16H21F5O4. The van der Waals surface area contributed by atoms with Crippen molar-refractivity contribution in [3.05, 3.63) is 12.2 Å². The summed E-state index contributed by atoms with van der Waals surface area (Å²) >= 11 is 0. The second kappa shape index (κ2) is 8.14. The van der Waals surface area contributed by atoms with Gasteiger partial charge in [0, 0.05) is 12.0 Å². The Morgan fingerprint density at radius 3 is 2.12 bits per heavy atom. The molecule has 0 heterocycles. The first-order valence-corrected chi connectivity index (χ1v) is 7.88. The van der Waals surface area contributed by atoms with Gasteiger partial charge in [-0.1, -0.05) is 13.0 Å². The molecule has 0 aromatic carbocycles. The van der Waals surface area contributed by atoms with Gasteiger partial charge in [-0.2, -0.15) is 22.0 Å². The zero-order valence-electron chi connectivity index (χ0n) is 13.9. The second-order valence-corrected chi connectivity index (χ2v) is 6.31. The summed E-state index contributed by atoms with van der Waals surface area (Å²) < 4.78 is 72.5. The first kappa shape index (κ1) is 21.4. The van der Waals surface area contributed by atoms with Crippen LogP contribution in [0.2, 0.25) is 0 Å². The van der Waals surface area contributed by atoms with Gasteiger partial charge in [-0.25, -0.2) is 9.59 Å². The maximum atomic E-state index is 13.8. The summed E-state index contributed by atoms with van der Waals surface area (Å²) in [4.78, 5) is 23.0. The van der Waals surface area contributed by atoms with Crippen LogP contribution in [-0.4, -0.2) is 36.2 Å². The fourth-order valence-electron chi connectivity index (χ4n) is 2.62. The zero-order valence-corrected chi connectivity index (χ0v) is 13.9. The Labute approximate surface area is 142 Å². The number of esters is 2. The molecule has 9 heteroatoms. The van der Waals surface area contributed by atoms with Crippen LogP contribution in [0.1, 0.15) is 51.9 Å². The lowest BCUT2D eigenvalue weighted by molar-refractivity contribution is -0.205. The van der Waals surface area contributed by atoms with Crippen molar-refractivity contribution >= 4 is 11.9 Å². The molecule has 0 aromatic rings. The highest BCUT2D eigenvalue weighted by Crippen LogP contribution is 2.39. The lowest BCUT2D eigenvalue weighted by Crippen LogP contribution is -2.41. The smallest absolute Gasteiger partial charge is 0.422 e. The van der Waals surface area contributed by atoms with E-state index < -0.39 is 42.7 Å². The summed E-state index contributed by atoms with van der Waals surface area (Å²) in [5.74, 6) is -7.04. The van der Waals surface area contributed by atoms with Gasteiger partial charge in [0.1, 0.15) is 5.60 Å². The standard InChI is InChI=1S/C16H21F5O4/c1-11(2)12(22)25-14(6-4-3-5-7-14)8-9-15(17,18)13(23)24-10-16(19,20)21/h1,3-10H2,2H3. The molecule has 1 rings (SSSR count). The van der Waals surface area contributed by atoms with Gasteiger partial charge >= 0.3 is 24.0 Å². The molecule has 0 unspecified atom stereocenters. The van der Waals surface area contributed by atoms with Gasteiger partial charge in [0.2, 0.25) is 0 Å². The normalized spacial score (nSPS) is 17.7. The van der Waals surface area contributed by atoms with Gasteiger partial charge in [-0.3, -0.25) is 0 Å². The quantitative estimate of drug-likeness (QED) is 0.379. The minimum absolute atomic E-state index is 0.112. The predicted molar refractivity (Wildman–Crippen MR) is 77.9 cm³/mol. The summed E-state index contributed by atoms with van der Waals surface area (Å²) in [5, 5.41) is 0. The van der Waals surface area contributed by atoms with E-state index >= 15 is 0 Å². The molecule has 0 bridgehead atoms. The van der Waals surface area contributed by atoms with E-state index in [1.165, 1.54) is 6.92 Å². The van der Waals surface area contributed by atoms with Crippen molar-refractivity contribution in [2.45, 2.75) is 69.6 Å². The molecule has 0 spiro atoms. The first-order chi connectivity index (χ1) is 11.4. The van der Waals surface area contributed by atoms with E-state index in [0.717, 1.165) is 6.42 Å². The van der Waals surface area contributed by atoms with E-state index in [-0.39, 0.29) is 12.0 Å². The summed E-state index contributed by atoms with van der Waals surface area (Å²) in [6, 6.07) is 0. The molecule has 0 aliphatic heterocycles. The zero-order chi connectivity index (χ0) is 19.3. The van der Waals surface area contributed by atoms with Crippen LogP contribution in [0.25, 0.3) is 0 Å². The lowest BCUT2D eigenvalue weighted by Gasteiger charge is -2.37. The topological polar surface area (TPSA) is 52.6 Å². The van der Waals surface area contributed by atoms with Crippen molar-refractivity contribution in [3.8, 4) is 0 Å². The Hall–Kier alpha value is -1.67. The number of alkyl halides is 5. The fourth-order valence-corrected chi connectivity index (χ4v) is 2.62. The van der Waals surface area contributed by atoms with Crippen LogP contribution in [0.5, 0.6) is 0 Å². The minimum atomic E-state index is -4.88. The molecule has 1 aliphatic carbocycles. The Kier molecular flexibility index (Phi) is 6.96. The largest absolute Gasteiger partial charge is 0.456 e. The Morgan fingerprint density at radius 1 is 1.08 bits per heavy atom. The monoisotopic (exact) mass is 372 g/mol. The maximum Gasteiger partial charge on any atom is 0.422 e. The highest BCUT2D eigenvalue weighted by atomic mass is 19.4. The number of carbonyl (C=O) groups is 2.